The van der Waals surface area contributed by atoms with Gasteiger partial charge in [-0.05, 0) is 18.2 Å². The van der Waals surface area contributed by atoms with Crippen LogP contribution in [0.5, 0.6) is 0 Å². The van der Waals surface area contributed by atoms with Gasteiger partial charge >= 0.3 is 0 Å². The molecule has 18 heavy (non-hydrogen) atoms. The minimum Gasteiger partial charge on any atom is -0.384 e. The number of aromatic nitrogens is 2. The van der Waals surface area contributed by atoms with Crippen LogP contribution < -0.4 is 10.6 Å². The van der Waals surface area contributed by atoms with Crippen molar-refractivity contribution >= 4 is 11.5 Å². The molecule has 0 unspecified atom stereocenters. The van der Waals surface area contributed by atoms with Crippen LogP contribution in [-0.2, 0) is 6.54 Å². The lowest BCUT2D eigenvalue weighted by Crippen LogP contribution is -2.18. The monoisotopic (exact) mass is 250 g/mol. The van der Waals surface area contributed by atoms with E-state index in [4.69, 9.17) is 5.73 Å². The lowest BCUT2D eigenvalue weighted by atomic mass is 10.2. The first-order chi connectivity index (χ1) is 8.56. The SMILES string of the molecule is CN(Cc1nccc(N)n1)c1ccc(F)c(F)c1. The fourth-order valence-corrected chi connectivity index (χ4v) is 1.52. The number of nitrogen functional groups attached to an aromatic ring is 1. The molecule has 0 aliphatic heterocycles. The summed E-state index contributed by atoms with van der Waals surface area (Å²) in [5.41, 5.74) is 6.08. The quantitative estimate of drug-likeness (QED) is 0.904. The highest BCUT2D eigenvalue weighted by atomic mass is 19.2. The molecule has 1 heterocycles. The maximum Gasteiger partial charge on any atom is 0.160 e. The zero-order chi connectivity index (χ0) is 13.1. The van der Waals surface area contributed by atoms with Gasteiger partial charge in [-0.25, -0.2) is 18.7 Å². The normalized spacial score (nSPS) is 10.4. The molecule has 0 fully saturated rings. The number of hydrogen-bond donors (Lipinski definition) is 1. The summed E-state index contributed by atoms with van der Waals surface area (Å²) in [6.07, 6.45) is 1.55. The largest absolute Gasteiger partial charge is 0.384 e. The van der Waals surface area contributed by atoms with Gasteiger partial charge in [-0.1, -0.05) is 0 Å². The molecule has 1 aromatic heterocycles. The molecule has 6 heteroatoms. The second-order valence-corrected chi connectivity index (χ2v) is 3.85. The van der Waals surface area contributed by atoms with Crippen LogP contribution in [0.25, 0.3) is 0 Å². The van der Waals surface area contributed by atoms with E-state index >= 15 is 0 Å². The summed E-state index contributed by atoms with van der Waals surface area (Å²) >= 11 is 0. The average Bonchev–Trinajstić information content (AvgIpc) is 2.32. The molecule has 0 aliphatic rings. The van der Waals surface area contributed by atoms with Gasteiger partial charge in [0, 0.05) is 25.0 Å². The number of halogens is 2. The molecule has 1 aromatic carbocycles. The zero-order valence-corrected chi connectivity index (χ0v) is 9.77. The van der Waals surface area contributed by atoms with Crippen LogP contribution in [0.3, 0.4) is 0 Å². The molecule has 4 nitrogen and oxygen atoms in total. The standard InChI is InChI=1S/C12H12F2N4/c1-18(7-12-16-5-4-11(15)17-12)8-2-3-9(13)10(14)6-8/h2-6H,7H2,1H3,(H2,15,16,17). The second-order valence-electron chi connectivity index (χ2n) is 3.85. The predicted octanol–water partition coefficient (Wildman–Crippen LogP) is 1.97. The fraction of sp³-hybridized carbons (Fsp3) is 0.167. The van der Waals surface area contributed by atoms with Gasteiger partial charge in [-0.2, -0.15) is 0 Å². The zero-order valence-electron chi connectivity index (χ0n) is 9.77. The highest BCUT2D eigenvalue weighted by molar-refractivity contribution is 5.46. The maximum absolute atomic E-state index is 13.1. The molecular weight excluding hydrogens is 238 g/mol. The number of hydrogen-bond acceptors (Lipinski definition) is 4. The molecule has 94 valence electrons. The lowest BCUT2D eigenvalue weighted by Gasteiger charge is -2.18. The Morgan fingerprint density at radius 3 is 2.67 bits per heavy atom. The Bertz CT molecular complexity index is 560. The van der Waals surface area contributed by atoms with E-state index in [-0.39, 0.29) is 0 Å². The van der Waals surface area contributed by atoms with Crippen molar-refractivity contribution in [2.75, 3.05) is 17.7 Å². The van der Waals surface area contributed by atoms with Crippen molar-refractivity contribution in [2.24, 2.45) is 0 Å². The van der Waals surface area contributed by atoms with Gasteiger partial charge in [-0.15, -0.1) is 0 Å². The van der Waals surface area contributed by atoms with Gasteiger partial charge in [0.1, 0.15) is 11.6 Å². The number of rotatable bonds is 3. The Labute approximate surface area is 103 Å². The smallest absolute Gasteiger partial charge is 0.160 e. The van der Waals surface area contributed by atoms with Crippen LogP contribution in [0, 0.1) is 11.6 Å². The summed E-state index contributed by atoms with van der Waals surface area (Å²) in [4.78, 5) is 9.79. The van der Waals surface area contributed by atoms with Gasteiger partial charge < -0.3 is 10.6 Å². The summed E-state index contributed by atoms with van der Waals surface area (Å²) in [7, 11) is 1.74. The molecule has 0 spiro atoms. The molecular formula is C12H12F2N4. The molecule has 0 radical (unpaired) electrons. The van der Waals surface area contributed by atoms with E-state index in [1.54, 1.807) is 24.2 Å². The van der Waals surface area contributed by atoms with Gasteiger partial charge in [0.05, 0.1) is 6.54 Å². The van der Waals surface area contributed by atoms with Gasteiger partial charge in [0.25, 0.3) is 0 Å². The molecule has 0 atom stereocenters. The summed E-state index contributed by atoms with van der Waals surface area (Å²) < 4.78 is 25.9. The third kappa shape index (κ3) is 2.71. The van der Waals surface area contributed by atoms with E-state index in [2.05, 4.69) is 9.97 Å². The van der Waals surface area contributed by atoms with Gasteiger partial charge in [0.2, 0.25) is 0 Å². The van der Waals surface area contributed by atoms with Crippen molar-refractivity contribution in [1.29, 1.82) is 0 Å². The number of nitrogens with two attached hydrogens (primary N) is 1. The molecule has 0 saturated carbocycles. The van der Waals surface area contributed by atoms with Crippen molar-refractivity contribution in [2.45, 2.75) is 6.54 Å². The molecule has 2 rings (SSSR count). The van der Waals surface area contributed by atoms with Gasteiger partial charge in [-0.3, -0.25) is 0 Å². The van der Waals surface area contributed by atoms with Crippen LogP contribution in [-0.4, -0.2) is 17.0 Å². The Balaban J connectivity index is 2.16. The average molecular weight is 250 g/mol. The molecule has 0 aliphatic carbocycles. The first-order valence-electron chi connectivity index (χ1n) is 5.30. The van der Waals surface area contributed by atoms with Crippen LogP contribution >= 0.6 is 0 Å². The third-order valence-corrected chi connectivity index (χ3v) is 2.45. The lowest BCUT2D eigenvalue weighted by molar-refractivity contribution is 0.508. The first-order valence-corrected chi connectivity index (χ1v) is 5.30. The van der Waals surface area contributed by atoms with Crippen molar-refractivity contribution < 1.29 is 8.78 Å². The highest BCUT2D eigenvalue weighted by Gasteiger charge is 2.08. The van der Waals surface area contributed by atoms with Crippen LogP contribution in [0.2, 0.25) is 0 Å². The van der Waals surface area contributed by atoms with Crippen molar-refractivity contribution in [3.8, 4) is 0 Å². The Morgan fingerprint density at radius 2 is 2.00 bits per heavy atom. The first kappa shape index (κ1) is 12.2. The highest BCUT2D eigenvalue weighted by Crippen LogP contribution is 2.17. The van der Waals surface area contributed by atoms with E-state index in [9.17, 15) is 8.78 Å². The molecule has 0 bridgehead atoms. The molecule has 2 aromatic rings. The molecule has 2 N–H and O–H groups in total. The summed E-state index contributed by atoms with van der Waals surface area (Å²) in [6, 6.07) is 5.29. The Morgan fingerprint density at radius 1 is 1.22 bits per heavy atom. The Kier molecular flexibility index (Phi) is 3.36. The summed E-state index contributed by atoms with van der Waals surface area (Å²) in [5.74, 6) is -0.860. The number of benzene rings is 1. The van der Waals surface area contributed by atoms with Crippen LogP contribution in [0.15, 0.2) is 30.5 Å². The number of nitrogens with zero attached hydrogens (tertiary/aromatic N) is 3. The van der Waals surface area contributed by atoms with Crippen molar-refractivity contribution in [3.05, 3.63) is 47.9 Å². The maximum atomic E-state index is 13.1. The van der Waals surface area contributed by atoms with Gasteiger partial charge in [0.15, 0.2) is 11.6 Å². The summed E-state index contributed by atoms with van der Waals surface area (Å²) in [6.45, 7) is 0.357. The van der Waals surface area contributed by atoms with Crippen molar-refractivity contribution in [1.82, 2.24) is 9.97 Å². The molecule has 0 amide bonds. The van der Waals surface area contributed by atoms with Crippen LogP contribution in [0.4, 0.5) is 20.3 Å². The number of anilines is 2. The summed E-state index contributed by atoms with van der Waals surface area (Å²) in [5, 5.41) is 0. The van der Waals surface area contributed by atoms with Crippen molar-refractivity contribution in [3.63, 3.8) is 0 Å². The van der Waals surface area contributed by atoms with E-state index in [0.29, 0.717) is 23.9 Å². The van der Waals surface area contributed by atoms with E-state index < -0.39 is 11.6 Å². The predicted molar refractivity (Wildman–Crippen MR) is 64.9 cm³/mol. The minimum atomic E-state index is -0.882. The fourth-order valence-electron chi connectivity index (χ4n) is 1.52. The van der Waals surface area contributed by atoms with E-state index in [1.165, 1.54) is 6.07 Å². The molecule has 0 saturated heterocycles. The van der Waals surface area contributed by atoms with Crippen LogP contribution in [0.1, 0.15) is 5.82 Å². The van der Waals surface area contributed by atoms with E-state index in [1.807, 2.05) is 0 Å². The third-order valence-electron chi connectivity index (χ3n) is 2.45. The Hall–Kier alpha value is -2.24. The topological polar surface area (TPSA) is 55.0 Å². The van der Waals surface area contributed by atoms with E-state index in [0.717, 1.165) is 12.1 Å². The second kappa shape index (κ2) is 4.95. The minimum absolute atomic E-state index is 0.357.